The Hall–Kier alpha value is -2.53. The Morgan fingerprint density at radius 3 is 2.50 bits per heavy atom. The third kappa shape index (κ3) is 4.49. The molecule has 0 aromatic heterocycles. The molecule has 0 aliphatic rings. The second-order valence-corrected chi connectivity index (χ2v) is 5.99. The number of aryl methyl sites for hydroxylation is 1. The zero-order chi connectivity index (χ0) is 17.7. The number of halogens is 1. The van der Waals surface area contributed by atoms with E-state index in [1.807, 2.05) is 38.1 Å². The Morgan fingerprint density at radius 2 is 1.83 bits per heavy atom. The molecule has 1 unspecified atom stereocenters. The zero-order valence-electron chi connectivity index (χ0n) is 13.6. The average molecular weight is 346 g/mol. The molecule has 126 valence electrons. The highest BCUT2D eigenvalue weighted by atomic mass is 35.5. The lowest BCUT2D eigenvalue weighted by molar-refractivity contribution is -0.116. The van der Waals surface area contributed by atoms with Crippen molar-refractivity contribution in [2.75, 3.05) is 5.32 Å². The Balaban J connectivity index is 2.17. The molecule has 0 aliphatic heterocycles. The van der Waals surface area contributed by atoms with E-state index in [9.17, 15) is 9.59 Å². The Morgan fingerprint density at radius 1 is 1.12 bits per heavy atom. The number of amides is 3. The van der Waals surface area contributed by atoms with Crippen LogP contribution in [-0.2, 0) is 4.79 Å². The van der Waals surface area contributed by atoms with Gasteiger partial charge in [-0.05, 0) is 42.7 Å². The van der Waals surface area contributed by atoms with Gasteiger partial charge in [0.1, 0.15) is 0 Å². The highest BCUT2D eigenvalue weighted by Gasteiger charge is 2.19. The van der Waals surface area contributed by atoms with Gasteiger partial charge in [0.2, 0.25) is 5.91 Å². The zero-order valence-corrected chi connectivity index (χ0v) is 14.4. The maximum atomic E-state index is 12.4. The van der Waals surface area contributed by atoms with Crippen molar-refractivity contribution in [3.05, 3.63) is 64.2 Å². The molecule has 3 amide bonds. The first-order valence-corrected chi connectivity index (χ1v) is 7.92. The molecular weight excluding hydrogens is 326 g/mol. The van der Waals surface area contributed by atoms with E-state index >= 15 is 0 Å². The van der Waals surface area contributed by atoms with Crippen molar-refractivity contribution >= 4 is 29.2 Å². The van der Waals surface area contributed by atoms with Gasteiger partial charge in [-0.25, -0.2) is 4.79 Å². The Kier molecular flexibility index (Phi) is 5.82. The molecule has 5 nitrogen and oxygen atoms in total. The lowest BCUT2D eigenvalue weighted by Crippen LogP contribution is -2.35. The minimum atomic E-state index is -0.671. The first-order chi connectivity index (χ1) is 11.4. The van der Waals surface area contributed by atoms with E-state index in [2.05, 4.69) is 10.6 Å². The van der Waals surface area contributed by atoms with Gasteiger partial charge in [-0.2, -0.15) is 0 Å². The van der Waals surface area contributed by atoms with Crippen molar-refractivity contribution in [2.45, 2.75) is 26.3 Å². The molecule has 0 bridgehead atoms. The highest BCUT2D eigenvalue weighted by Crippen LogP contribution is 2.25. The summed E-state index contributed by atoms with van der Waals surface area (Å²) >= 11 is 6.06. The molecule has 2 rings (SSSR count). The number of benzene rings is 2. The topological polar surface area (TPSA) is 84.2 Å². The first kappa shape index (κ1) is 17.8. The highest BCUT2D eigenvalue weighted by molar-refractivity contribution is 6.31. The maximum absolute atomic E-state index is 12.4. The van der Waals surface area contributed by atoms with Crippen LogP contribution < -0.4 is 16.4 Å². The average Bonchev–Trinajstić information content (AvgIpc) is 2.51. The van der Waals surface area contributed by atoms with Crippen molar-refractivity contribution in [1.82, 2.24) is 5.32 Å². The number of anilines is 1. The maximum Gasteiger partial charge on any atom is 0.312 e. The molecular formula is C18H20ClN3O2. The summed E-state index contributed by atoms with van der Waals surface area (Å²) in [5.41, 5.74) is 8.53. The first-order valence-electron chi connectivity index (χ1n) is 7.55. The molecule has 2 aromatic rings. The van der Waals surface area contributed by atoms with Crippen LogP contribution in [0.1, 0.15) is 29.2 Å². The largest absolute Gasteiger partial charge is 0.352 e. The van der Waals surface area contributed by atoms with Crippen molar-refractivity contribution < 1.29 is 9.59 Å². The number of urea groups is 1. The molecule has 24 heavy (non-hydrogen) atoms. The van der Waals surface area contributed by atoms with Gasteiger partial charge in [0, 0.05) is 10.7 Å². The summed E-state index contributed by atoms with van der Waals surface area (Å²) in [6.45, 7) is 3.75. The number of carbonyl (C=O) groups is 2. The van der Waals surface area contributed by atoms with E-state index in [1.54, 1.807) is 18.2 Å². The number of carbonyl (C=O) groups excluding carboxylic acids is 2. The quantitative estimate of drug-likeness (QED) is 0.772. The standard InChI is InChI=1S/C18H20ClN3O2/c1-11-6-3-4-7-13(11)16(22-18(20)24)10-17(23)21-15-9-5-8-14(19)12(15)2/h3-9,16H,10H2,1-2H3,(H,21,23)(H3,20,22,24). The fraction of sp³-hybridized carbons (Fsp3) is 0.222. The van der Waals surface area contributed by atoms with Crippen LogP contribution in [0.15, 0.2) is 42.5 Å². The normalized spacial score (nSPS) is 11.6. The van der Waals surface area contributed by atoms with Gasteiger partial charge in [-0.3, -0.25) is 4.79 Å². The van der Waals surface area contributed by atoms with Crippen LogP contribution in [-0.4, -0.2) is 11.9 Å². The molecule has 0 aliphatic carbocycles. The SMILES string of the molecule is Cc1ccccc1C(CC(=O)Nc1cccc(Cl)c1C)NC(N)=O. The number of rotatable bonds is 5. The van der Waals surface area contributed by atoms with E-state index in [1.165, 1.54) is 0 Å². The fourth-order valence-electron chi connectivity index (χ4n) is 2.52. The van der Waals surface area contributed by atoms with Crippen molar-refractivity contribution in [1.29, 1.82) is 0 Å². The molecule has 0 spiro atoms. The summed E-state index contributed by atoms with van der Waals surface area (Å²) in [7, 11) is 0. The van der Waals surface area contributed by atoms with Gasteiger partial charge in [-0.1, -0.05) is 41.9 Å². The third-order valence-electron chi connectivity index (χ3n) is 3.81. The molecule has 0 fully saturated rings. The molecule has 0 saturated carbocycles. The minimum absolute atomic E-state index is 0.0692. The summed E-state index contributed by atoms with van der Waals surface area (Å²) in [5.74, 6) is -0.234. The fourth-order valence-corrected chi connectivity index (χ4v) is 2.69. The summed E-state index contributed by atoms with van der Waals surface area (Å²) in [6, 6.07) is 11.7. The van der Waals surface area contributed by atoms with Gasteiger partial charge < -0.3 is 16.4 Å². The van der Waals surface area contributed by atoms with Crippen LogP contribution in [0.3, 0.4) is 0 Å². The van der Waals surface area contributed by atoms with Gasteiger partial charge in [0.05, 0.1) is 12.5 Å². The smallest absolute Gasteiger partial charge is 0.312 e. The molecule has 0 heterocycles. The summed E-state index contributed by atoms with van der Waals surface area (Å²) in [5, 5.41) is 6.04. The molecule has 1 atom stereocenters. The van der Waals surface area contributed by atoms with Crippen LogP contribution >= 0.6 is 11.6 Å². The Bertz CT molecular complexity index is 762. The number of hydrogen-bond donors (Lipinski definition) is 3. The molecule has 0 saturated heterocycles. The second kappa shape index (κ2) is 7.84. The number of nitrogens with two attached hydrogens (primary N) is 1. The molecule has 6 heteroatoms. The van der Waals surface area contributed by atoms with Crippen molar-refractivity contribution in [3.63, 3.8) is 0 Å². The van der Waals surface area contributed by atoms with E-state index in [0.717, 1.165) is 16.7 Å². The van der Waals surface area contributed by atoms with Crippen LogP contribution in [0.25, 0.3) is 0 Å². The third-order valence-corrected chi connectivity index (χ3v) is 4.22. The molecule has 0 radical (unpaired) electrons. The lowest BCUT2D eigenvalue weighted by atomic mass is 9.98. The van der Waals surface area contributed by atoms with Gasteiger partial charge in [0.15, 0.2) is 0 Å². The van der Waals surface area contributed by atoms with Gasteiger partial charge in [0.25, 0.3) is 0 Å². The van der Waals surface area contributed by atoms with Gasteiger partial charge in [-0.15, -0.1) is 0 Å². The van der Waals surface area contributed by atoms with E-state index in [-0.39, 0.29) is 12.3 Å². The summed E-state index contributed by atoms with van der Waals surface area (Å²) in [6.07, 6.45) is 0.0692. The van der Waals surface area contributed by atoms with Gasteiger partial charge >= 0.3 is 6.03 Å². The lowest BCUT2D eigenvalue weighted by Gasteiger charge is -2.20. The molecule has 4 N–H and O–H groups in total. The van der Waals surface area contributed by atoms with Crippen molar-refractivity contribution in [2.24, 2.45) is 5.73 Å². The molecule has 2 aromatic carbocycles. The second-order valence-electron chi connectivity index (χ2n) is 5.58. The van der Waals surface area contributed by atoms with Crippen LogP contribution in [0.2, 0.25) is 5.02 Å². The minimum Gasteiger partial charge on any atom is -0.352 e. The number of nitrogens with one attached hydrogen (secondary N) is 2. The van der Waals surface area contributed by atoms with E-state index in [4.69, 9.17) is 17.3 Å². The predicted octanol–water partition coefficient (Wildman–Crippen LogP) is 3.70. The van der Waals surface area contributed by atoms with Crippen LogP contribution in [0.4, 0.5) is 10.5 Å². The predicted molar refractivity (Wildman–Crippen MR) is 96.1 cm³/mol. The van der Waals surface area contributed by atoms with Crippen LogP contribution in [0, 0.1) is 13.8 Å². The van der Waals surface area contributed by atoms with E-state index in [0.29, 0.717) is 10.7 Å². The monoisotopic (exact) mass is 345 g/mol. The van der Waals surface area contributed by atoms with Crippen LogP contribution in [0.5, 0.6) is 0 Å². The van der Waals surface area contributed by atoms with Crippen molar-refractivity contribution in [3.8, 4) is 0 Å². The van der Waals surface area contributed by atoms with E-state index < -0.39 is 12.1 Å². The summed E-state index contributed by atoms with van der Waals surface area (Å²) < 4.78 is 0. The Labute approximate surface area is 146 Å². The summed E-state index contributed by atoms with van der Waals surface area (Å²) in [4.78, 5) is 23.7. The number of hydrogen-bond acceptors (Lipinski definition) is 2. The number of primary amides is 1.